The molecule has 0 radical (unpaired) electrons. The van der Waals surface area contributed by atoms with Gasteiger partial charge in [-0.3, -0.25) is 9.88 Å². The summed E-state index contributed by atoms with van der Waals surface area (Å²) >= 11 is 0. The molecule has 2 aromatic rings. The summed E-state index contributed by atoms with van der Waals surface area (Å²) in [6, 6.07) is 6.10. The molecule has 2 aliphatic rings. The topological polar surface area (TPSA) is 85.6 Å². The van der Waals surface area contributed by atoms with Crippen LogP contribution in [0.5, 0.6) is 0 Å². The lowest BCUT2D eigenvalue weighted by Crippen LogP contribution is -2.56. The van der Waals surface area contributed by atoms with Gasteiger partial charge in [0.25, 0.3) is 0 Å². The zero-order chi connectivity index (χ0) is 19.7. The van der Waals surface area contributed by atoms with Crippen LogP contribution in [0.2, 0.25) is 0 Å². The summed E-state index contributed by atoms with van der Waals surface area (Å²) < 4.78 is 0. The van der Waals surface area contributed by atoms with Crippen molar-refractivity contribution in [3.8, 4) is 11.3 Å². The van der Waals surface area contributed by atoms with Crippen LogP contribution in [0, 0.1) is 13.8 Å². The van der Waals surface area contributed by atoms with E-state index in [2.05, 4.69) is 25.8 Å². The van der Waals surface area contributed by atoms with Crippen molar-refractivity contribution in [2.45, 2.75) is 51.4 Å². The van der Waals surface area contributed by atoms with Gasteiger partial charge in [0.2, 0.25) is 5.95 Å². The number of aliphatic hydroxyl groups excluding tert-OH is 2. The fraction of sp³-hybridized carbons (Fsp3) is 0.571. The standard InChI is InChI=1S/C21H29N5O2/c1-14-3-4-17(15(2)23-14)18-5-9-22-21(24-18)26-12-8-19(20(28)13-26)25-10-6-16(27)7-11-25/h3-5,9,16,19-20,27-28H,6-8,10-13H2,1-2H3/t19-,20-/m1/s1. The van der Waals surface area contributed by atoms with Gasteiger partial charge in [-0.15, -0.1) is 0 Å². The van der Waals surface area contributed by atoms with Gasteiger partial charge >= 0.3 is 0 Å². The molecule has 0 aromatic carbocycles. The molecule has 2 fully saturated rings. The Labute approximate surface area is 166 Å². The maximum absolute atomic E-state index is 10.8. The Kier molecular flexibility index (Phi) is 5.57. The Balaban J connectivity index is 1.47. The molecule has 2 N–H and O–H groups in total. The first kappa shape index (κ1) is 19.2. The number of piperidine rings is 2. The lowest BCUT2D eigenvalue weighted by atomic mass is 9.97. The molecule has 2 aliphatic heterocycles. The molecule has 7 nitrogen and oxygen atoms in total. The lowest BCUT2D eigenvalue weighted by molar-refractivity contribution is -0.000327. The maximum atomic E-state index is 10.8. The second kappa shape index (κ2) is 8.11. The smallest absolute Gasteiger partial charge is 0.225 e. The lowest BCUT2D eigenvalue weighted by Gasteiger charge is -2.43. The SMILES string of the molecule is Cc1ccc(-c2ccnc(N3CC[C@@H](N4CCC(O)CC4)[C@H](O)C3)n2)c(C)n1. The average Bonchev–Trinajstić information content (AvgIpc) is 2.69. The summed E-state index contributed by atoms with van der Waals surface area (Å²) in [6.45, 7) is 7.03. The van der Waals surface area contributed by atoms with Gasteiger partial charge in [0.1, 0.15) is 0 Å². The number of pyridine rings is 1. The first-order chi connectivity index (χ1) is 13.5. The molecule has 4 heterocycles. The van der Waals surface area contributed by atoms with Gasteiger partial charge in [-0.2, -0.15) is 0 Å². The molecule has 0 unspecified atom stereocenters. The Hall–Kier alpha value is -2.09. The van der Waals surface area contributed by atoms with E-state index in [4.69, 9.17) is 4.98 Å². The minimum Gasteiger partial charge on any atom is -0.393 e. The number of nitrogens with zero attached hydrogens (tertiary/aromatic N) is 5. The van der Waals surface area contributed by atoms with Crippen molar-refractivity contribution in [2.75, 3.05) is 31.1 Å². The number of anilines is 1. The molecule has 0 amide bonds. The third-order valence-corrected chi connectivity index (χ3v) is 5.94. The molecule has 2 saturated heterocycles. The minimum atomic E-state index is -0.445. The maximum Gasteiger partial charge on any atom is 0.225 e. The van der Waals surface area contributed by atoms with Crippen LogP contribution in [0.1, 0.15) is 30.7 Å². The summed E-state index contributed by atoms with van der Waals surface area (Å²) in [4.78, 5) is 18.1. The summed E-state index contributed by atoms with van der Waals surface area (Å²) in [6.07, 6.45) is 3.60. The number of hydrogen-bond donors (Lipinski definition) is 2. The average molecular weight is 383 g/mol. The van der Waals surface area contributed by atoms with Gasteiger partial charge in [-0.1, -0.05) is 0 Å². The number of aromatic nitrogens is 3. The van der Waals surface area contributed by atoms with Crippen LogP contribution in [0.4, 0.5) is 5.95 Å². The highest BCUT2D eigenvalue weighted by molar-refractivity contribution is 5.62. The van der Waals surface area contributed by atoms with Crippen molar-refractivity contribution in [2.24, 2.45) is 0 Å². The van der Waals surface area contributed by atoms with Gasteiger partial charge in [0.15, 0.2) is 0 Å². The van der Waals surface area contributed by atoms with E-state index in [1.165, 1.54) is 0 Å². The van der Waals surface area contributed by atoms with E-state index in [9.17, 15) is 10.2 Å². The number of aryl methyl sites for hydroxylation is 2. The predicted molar refractivity (Wildman–Crippen MR) is 108 cm³/mol. The summed E-state index contributed by atoms with van der Waals surface area (Å²) in [5.74, 6) is 0.657. The van der Waals surface area contributed by atoms with Crippen LogP contribution in [0.25, 0.3) is 11.3 Å². The Morgan fingerprint density at radius 1 is 0.964 bits per heavy atom. The predicted octanol–water partition coefficient (Wildman–Crippen LogP) is 1.55. The second-order valence-corrected chi connectivity index (χ2v) is 7.96. The largest absolute Gasteiger partial charge is 0.393 e. The number of aliphatic hydroxyl groups is 2. The number of likely N-dealkylation sites (tertiary alicyclic amines) is 1. The van der Waals surface area contributed by atoms with Crippen molar-refractivity contribution in [3.63, 3.8) is 0 Å². The Morgan fingerprint density at radius 3 is 2.46 bits per heavy atom. The Morgan fingerprint density at radius 2 is 1.75 bits per heavy atom. The summed E-state index contributed by atoms with van der Waals surface area (Å²) in [7, 11) is 0. The molecule has 0 aliphatic carbocycles. The van der Waals surface area contributed by atoms with Crippen LogP contribution in [-0.2, 0) is 0 Å². The van der Waals surface area contributed by atoms with Crippen molar-refractivity contribution in [1.29, 1.82) is 0 Å². The third kappa shape index (κ3) is 4.01. The number of rotatable bonds is 3. The molecule has 0 saturated carbocycles. The van der Waals surface area contributed by atoms with E-state index >= 15 is 0 Å². The van der Waals surface area contributed by atoms with Crippen LogP contribution in [0.15, 0.2) is 24.4 Å². The van der Waals surface area contributed by atoms with Crippen molar-refractivity contribution < 1.29 is 10.2 Å². The molecule has 28 heavy (non-hydrogen) atoms. The molecule has 0 bridgehead atoms. The normalized spacial score (nSPS) is 24.5. The van der Waals surface area contributed by atoms with Gasteiger partial charge < -0.3 is 15.1 Å². The van der Waals surface area contributed by atoms with Crippen LogP contribution >= 0.6 is 0 Å². The summed E-state index contributed by atoms with van der Waals surface area (Å²) in [5.41, 5.74) is 3.81. The van der Waals surface area contributed by atoms with Gasteiger partial charge in [-0.05, 0) is 51.3 Å². The molecule has 0 spiro atoms. The zero-order valence-electron chi connectivity index (χ0n) is 16.6. The molecule has 150 valence electrons. The first-order valence-corrected chi connectivity index (χ1v) is 10.1. The summed E-state index contributed by atoms with van der Waals surface area (Å²) in [5, 5.41) is 20.5. The monoisotopic (exact) mass is 383 g/mol. The quantitative estimate of drug-likeness (QED) is 0.832. The first-order valence-electron chi connectivity index (χ1n) is 10.1. The Bertz CT molecular complexity index is 822. The van der Waals surface area contributed by atoms with Crippen molar-refractivity contribution >= 4 is 5.95 Å². The highest BCUT2D eigenvalue weighted by atomic mass is 16.3. The molecular formula is C21H29N5O2. The van der Waals surface area contributed by atoms with E-state index in [0.29, 0.717) is 12.5 Å². The fourth-order valence-corrected chi connectivity index (χ4v) is 4.35. The molecule has 2 aromatic heterocycles. The van der Waals surface area contributed by atoms with Crippen molar-refractivity contribution in [1.82, 2.24) is 19.9 Å². The van der Waals surface area contributed by atoms with Crippen molar-refractivity contribution in [3.05, 3.63) is 35.8 Å². The minimum absolute atomic E-state index is 0.149. The van der Waals surface area contributed by atoms with E-state index in [1.807, 2.05) is 26.0 Å². The van der Waals surface area contributed by atoms with E-state index in [-0.39, 0.29) is 12.1 Å². The van der Waals surface area contributed by atoms with Crippen LogP contribution in [0.3, 0.4) is 0 Å². The number of β-amino-alcohol motifs (C(OH)–C–C–N with tert-alkyl or cyclic N) is 1. The molecular weight excluding hydrogens is 354 g/mol. The van der Waals surface area contributed by atoms with Gasteiger partial charge in [-0.25, -0.2) is 9.97 Å². The van der Waals surface area contributed by atoms with E-state index in [1.54, 1.807) is 6.20 Å². The highest BCUT2D eigenvalue weighted by Crippen LogP contribution is 2.26. The van der Waals surface area contributed by atoms with Gasteiger partial charge in [0, 0.05) is 55.4 Å². The van der Waals surface area contributed by atoms with Crippen LogP contribution in [-0.4, -0.2) is 74.5 Å². The molecule has 4 rings (SSSR count). The van der Waals surface area contributed by atoms with E-state index in [0.717, 1.165) is 61.5 Å². The highest BCUT2D eigenvalue weighted by Gasteiger charge is 2.34. The van der Waals surface area contributed by atoms with Gasteiger partial charge in [0.05, 0.1) is 17.9 Å². The van der Waals surface area contributed by atoms with Crippen LogP contribution < -0.4 is 4.90 Å². The fourth-order valence-electron chi connectivity index (χ4n) is 4.35. The molecule has 7 heteroatoms. The van der Waals surface area contributed by atoms with E-state index < -0.39 is 6.10 Å². The number of hydrogen-bond acceptors (Lipinski definition) is 7. The molecule has 2 atom stereocenters. The second-order valence-electron chi connectivity index (χ2n) is 7.96. The third-order valence-electron chi connectivity index (χ3n) is 5.94. The zero-order valence-corrected chi connectivity index (χ0v) is 16.6.